The Balaban J connectivity index is 2.95. The number of nitrogen functional groups attached to an aromatic ring is 1. The summed E-state index contributed by atoms with van der Waals surface area (Å²) in [4.78, 5) is 12.0. The SMILES string of the molecule is COC(=O)c1c(N)c(C#N)cn1-c1c(C)c(C(F)(F)F)cc(Cl)c1Cl. The number of ether oxygens (including phenoxy) is 1. The van der Waals surface area contributed by atoms with E-state index in [2.05, 4.69) is 4.74 Å². The first-order chi connectivity index (χ1) is 11.5. The van der Waals surface area contributed by atoms with E-state index in [-0.39, 0.29) is 38.2 Å². The molecule has 0 saturated heterocycles. The number of hydrogen-bond acceptors (Lipinski definition) is 4. The number of halogens is 5. The van der Waals surface area contributed by atoms with Crippen molar-refractivity contribution >= 4 is 34.9 Å². The molecule has 0 fully saturated rings. The third kappa shape index (κ3) is 3.13. The van der Waals surface area contributed by atoms with Gasteiger partial charge in [0, 0.05) is 6.20 Å². The lowest BCUT2D eigenvalue weighted by molar-refractivity contribution is -0.138. The van der Waals surface area contributed by atoms with Gasteiger partial charge in [0.1, 0.15) is 6.07 Å². The number of rotatable bonds is 2. The smallest absolute Gasteiger partial charge is 0.416 e. The summed E-state index contributed by atoms with van der Waals surface area (Å²) in [7, 11) is 1.07. The minimum Gasteiger partial charge on any atom is -0.464 e. The zero-order chi connectivity index (χ0) is 19.1. The zero-order valence-electron chi connectivity index (χ0n) is 12.8. The summed E-state index contributed by atoms with van der Waals surface area (Å²) in [6.07, 6.45) is -3.60. The number of alkyl halides is 3. The molecule has 1 aromatic carbocycles. The van der Waals surface area contributed by atoms with Crippen LogP contribution in [0.2, 0.25) is 10.0 Å². The molecule has 0 bridgehead atoms. The van der Waals surface area contributed by atoms with E-state index in [0.29, 0.717) is 6.07 Å². The molecule has 0 amide bonds. The lowest BCUT2D eigenvalue weighted by Gasteiger charge is -2.19. The monoisotopic (exact) mass is 391 g/mol. The van der Waals surface area contributed by atoms with Crippen LogP contribution in [0.5, 0.6) is 0 Å². The number of methoxy groups -OCH3 is 1. The predicted octanol–water partition coefficient (Wildman–Crippen LogP) is 4.35. The van der Waals surface area contributed by atoms with E-state index in [1.807, 2.05) is 0 Å². The highest BCUT2D eigenvalue weighted by Gasteiger charge is 2.36. The summed E-state index contributed by atoms with van der Waals surface area (Å²) in [6.45, 7) is 1.17. The van der Waals surface area contributed by atoms with E-state index in [0.717, 1.165) is 17.9 Å². The maximum atomic E-state index is 13.3. The normalized spacial score (nSPS) is 11.3. The van der Waals surface area contributed by atoms with Gasteiger partial charge in [0.2, 0.25) is 0 Å². The highest BCUT2D eigenvalue weighted by atomic mass is 35.5. The summed E-state index contributed by atoms with van der Waals surface area (Å²) in [5, 5.41) is 8.51. The van der Waals surface area contributed by atoms with Gasteiger partial charge in [-0.3, -0.25) is 0 Å². The molecule has 2 rings (SSSR count). The standard InChI is InChI=1S/C15H10Cl2F3N3O2/c1-6-8(15(18,19)20)3-9(16)10(17)12(6)23-5-7(4-21)11(22)13(23)14(24)25-2/h3,5H,22H2,1-2H3. The second-order valence-corrected chi connectivity index (χ2v) is 5.75. The van der Waals surface area contributed by atoms with Crippen molar-refractivity contribution in [3.05, 3.63) is 44.7 Å². The number of nitrogens with zero attached hydrogens (tertiary/aromatic N) is 2. The van der Waals surface area contributed by atoms with Crippen LogP contribution in [0.3, 0.4) is 0 Å². The molecule has 0 saturated carbocycles. The van der Waals surface area contributed by atoms with Crippen LogP contribution >= 0.6 is 23.2 Å². The molecular weight excluding hydrogens is 382 g/mol. The van der Waals surface area contributed by atoms with Crippen molar-refractivity contribution in [2.45, 2.75) is 13.1 Å². The van der Waals surface area contributed by atoms with Gasteiger partial charge < -0.3 is 15.0 Å². The number of nitrogens with two attached hydrogens (primary N) is 1. The molecular formula is C15H10Cl2F3N3O2. The van der Waals surface area contributed by atoms with Crippen LogP contribution in [-0.2, 0) is 10.9 Å². The van der Waals surface area contributed by atoms with Crippen molar-refractivity contribution in [1.29, 1.82) is 5.26 Å². The number of hydrogen-bond donors (Lipinski definition) is 1. The number of carbonyl (C=O) groups is 1. The van der Waals surface area contributed by atoms with Gasteiger partial charge >= 0.3 is 12.1 Å². The van der Waals surface area contributed by atoms with Crippen molar-refractivity contribution in [3.63, 3.8) is 0 Å². The van der Waals surface area contributed by atoms with Crippen molar-refractivity contribution in [2.24, 2.45) is 0 Å². The highest BCUT2D eigenvalue weighted by molar-refractivity contribution is 6.43. The van der Waals surface area contributed by atoms with Gasteiger partial charge in [0.25, 0.3) is 0 Å². The molecule has 2 aromatic rings. The topological polar surface area (TPSA) is 81.0 Å². The number of benzene rings is 1. The molecule has 1 heterocycles. The van der Waals surface area contributed by atoms with E-state index in [9.17, 15) is 18.0 Å². The third-order valence-electron chi connectivity index (χ3n) is 3.54. The van der Waals surface area contributed by atoms with E-state index in [4.69, 9.17) is 34.2 Å². The molecule has 0 aliphatic rings. The van der Waals surface area contributed by atoms with Gasteiger partial charge in [-0.15, -0.1) is 0 Å². The number of nitriles is 1. The summed E-state index contributed by atoms with van der Waals surface area (Å²) in [6, 6.07) is 2.44. The van der Waals surface area contributed by atoms with Crippen LogP contribution in [0.1, 0.15) is 27.2 Å². The molecule has 0 unspecified atom stereocenters. The van der Waals surface area contributed by atoms with Crippen LogP contribution in [-0.4, -0.2) is 17.6 Å². The number of esters is 1. The van der Waals surface area contributed by atoms with Crippen molar-refractivity contribution in [3.8, 4) is 11.8 Å². The van der Waals surface area contributed by atoms with Crippen LogP contribution in [0.25, 0.3) is 5.69 Å². The summed E-state index contributed by atoms with van der Waals surface area (Å²) < 4.78 is 45.3. The molecule has 0 atom stereocenters. The van der Waals surface area contributed by atoms with Crippen LogP contribution in [0, 0.1) is 18.3 Å². The maximum Gasteiger partial charge on any atom is 0.416 e. The lowest BCUT2D eigenvalue weighted by atomic mass is 10.1. The van der Waals surface area contributed by atoms with Crippen LogP contribution in [0.4, 0.5) is 18.9 Å². The largest absolute Gasteiger partial charge is 0.464 e. The summed E-state index contributed by atoms with van der Waals surface area (Å²) in [5.74, 6) is -0.942. The highest BCUT2D eigenvalue weighted by Crippen LogP contribution is 2.42. The first-order valence-electron chi connectivity index (χ1n) is 6.60. The molecule has 0 radical (unpaired) electrons. The van der Waals surface area contributed by atoms with Crippen LogP contribution < -0.4 is 5.73 Å². The molecule has 0 aliphatic carbocycles. The van der Waals surface area contributed by atoms with Gasteiger partial charge in [-0.2, -0.15) is 18.4 Å². The average molecular weight is 392 g/mol. The van der Waals surface area contributed by atoms with Crippen molar-refractivity contribution in [2.75, 3.05) is 12.8 Å². The van der Waals surface area contributed by atoms with Crippen molar-refractivity contribution in [1.82, 2.24) is 4.57 Å². The number of anilines is 1. The predicted molar refractivity (Wildman–Crippen MR) is 86.0 cm³/mol. The maximum absolute atomic E-state index is 13.3. The summed E-state index contributed by atoms with van der Waals surface area (Å²) in [5.41, 5.74) is 3.54. The van der Waals surface area contributed by atoms with Crippen LogP contribution in [0.15, 0.2) is 12.3 Å². The molecule has 0 spiro atoms. The van der Waals surface area contributed by atoms with Crippen molar-refractivity contribution < 1.29 is 22.7 Å². The third-order valence-corrected chi connectivity index (χ3v) is 4.32. The zero-order valence-corrected chi connectivity index (χ0v) is 14.3. The molecule has 2 N–H and O–H groups in total. The minimum absolute atomic E-state index is 0.121. The summed E-state index contributed by atoms with van der Waals surface area (Å²) >= 11 is 11.9. The van der Waals surface area contributed by atoms with Gasteiger partial charge in [0.15, 0.2) is 5.69 Å². The molecule has 132 valence electrons. The average Bonchev–Trinajstić information content (AvgIpc) is 2.85. The Labute approximate surface area is 150 Å². The van der Waals surface area contributed by atoms with E-state index in [1.165, 1.54) is 6.92 Å². The molecule has 5 nitrogen and oxygen atoms in total. The Kier molecular flexibility index (Phi) is 4.93. The Morgan fingerprint density at radius 1 is 1.40 bits per heavy atom. The molecule has 25 heavy (non-hydrogen) atoms. The first kappa shape index (κ1) is 19.0. The van der Waals surface area contributed by atoms with Gasteiger partial charge in [-0.05, 0) is 18.6 Å². The first-order valence-corrected chi connectivity index (χ1v) is 7.35. The fraction of sp³-hybridized carbons (Fsp3) is 0.200. The lowest BCUT2D eigenvalue weighted by Crippen LogP contribution is -2.15. The quantitative estimate of drug-likeness (QED) is 0.771. The van der Waals surface area contributed by atoms with Gasteiger partial charge in [0.05, 0.1) is 39.7 Å². The van der Waals surface area contributed by atoms with E-state index in [1.54, 1.807) is 6.07 Å². The Morgan fingerprint density at radius 2 is 2.00 bits per heavy atom. The molecule has 10 heteroatoms. The molecule has 0 aliphatic heterocycles. The van der Waals surface area contributed by atoms with Gasteiger partial charge in [-0.1, -0.05) is 23.2 Å². The fourth-order valence-electron chi connectivity index (χ4n) is 2.38. The second kappa shape index (κ2) is 6.50. The fourth-order valence-corrected chi connectivity index (χ4v) is 2.86. The van der Waals surface area contributed by atoms with E-state index >= 15 is 0 Å². The van der Waals surface area contributed by atoms with E-state index < -0.39 is 17.7 Å². The Bertz CT molecular complexity index is 914. The second-order valence-electron chi connectivity index (χ2n) is 4.97. The van der Waals surface area contributed by atoms with Gasteiger partial charge in [-0.25, -0.2) is 4.79 Å². The Hall–Kier alpha value is -2.37. The number of aromatic nitrogens is 1. The molecule has 1 aromatic heterocycles. The Morgan fingerprint density at radius 3 is 2.48 bits per heavy atom. The number of carbonyl (C=O) groups excluding carboxylic acids is 1. The minimum atomic E-state index is -4.70.